The van der Waals surface area contributed by atoms with E-state index in [-0.39, 0.29) is 17.4 Å². The van der Waals surface area contributed by atoms with E-state index < -0.39 is 0 Å². The molecule has 1 N–H and O–H groups in total. The monoisotopic (exact) mass is 249 g/mol. The van der Waals surface area contributed by atoms with E-state index in [0.29, 0.717) is 13.2 Å². The smallest absolute Gasteiger partial charge is 0.223 e. The normalized spacial score (nSPS) is 11.6. The van der Waals surface area contributed by atoms with Crippen LogP contribution in [0.15, 0.2) is 30.3 Å². The van der Waals surface area contributed by atoms with Crippen molar-refractivity contribution in [3.8, 4) is 0 Å². The zero-order valence-corrected chi connectivity index (χ0v) is 11.7. The molecule has 0 fully saturated rings. The molecule has 0 saturated carbocycles. The summed E-state index contributed by atoms with van der Waals surface area (Å²) in [7, 11) is 0. The number of benzene rings is 1. The maximum Gasteiger partial charge on any atom is 0.223 e. The van der Waals surface area contributed by atoms with Crippen molar-refractivity contribution >= 4 is 5.91 Å². The summed E-state index contributed by atoms with van der Waals surface area (Å²) in [6, 6.07) is 10.0. The minimum atomic E-state index is -0.337. The molecular formula is C15H23NO2. The van der Waals surface area contributed by atoms with Gasteiger partial charge in [-0.1, -0.05) is 44.2 Å². The lowest BCUT2D eigenvalue weighted by molar-refractivity contribution is -0.126. The summed E-state index contributed by atoms with van der Waals surface area (Å²) in [5.41, 5.74) is 0.805. The number of carbonyl (C=O) groups excluding carboxylic acids is 1. The highest BCUT2D eigenvalue weighted by molar-refractivity contribution is 5.78. The predicted molar refractivity (Wildman–Crippen MR) is 73.2 cm³/mol. The fraction of sp³-hybridized carbons (Fsp3) is 0.533. The Hall–Kier alpha value is -1.35. The van der Waals surface area contributed by atoms with E-state index >= 15 is 0 Å². The minimum Gasteiger partial charge on any atom is -0.374 e. The van der Waals surface area contributed by atoms with Crippen LogP contribution in [0.25, 0.3) is 0 Å². The zero-order chi connectivity index (χ0) is 13.6. The summed E-state index contributed by atoms with van der Waals surface area (Å²) in [4.78, 5) is 11.6. The number of nitrogens with one attached hydrogen (secondary N) is 1. The van der Waals surface area contributed by atoms with Gasteiger partial charge in [-0.05, 0) is 19.4 Å². The molecule has 1 aromatic carbocycles. The van der Waals surface area contributed by atoms with Gasteiger partial charge in [-0.15, -0.1) is 0 Å². The van der Waals surface area contributed by atoms with Gasteiger partial charge in [-0.3, -0.25) is 4.79 Å². The average Bonchev–Trinajstić information content (AvgIpc) is 2.29. The Morgan fingerprint density at radius 1 is 1.28 bits per heavy atom. The van der Waals surface area contributed by atoms with Crippen molar-refractivity contribution in [3.05, 3.63) is 35.9 Å². The molecule has 0 aliphatic carbocycles. The molecule has 1 amide bonds. The molecule has 1 aromatic rings. The highest BCUT2D eigenvalue weighted by Crippen LogP contribution is 2.08. The van der Waals surface area contributed by atoms with E-state index in [2.05, 4.69) is 5.32 Å². The SMILES string of the molecule is CC(C)C(=O)NC(C)(C)COCc1ccccc1. The molecule has 0 spiro atoms. The number of ether oxygens (including phenoxy) is 1. The molecule has 0 aromatic heterocycles. The lowest BCUT2D eigenvalue weighted by Gasteiger charge is -2.27. The van der Waals surface area contributed by atoms with E-state index in [1.165, 1.54) is 0 Å². The van der Waals surface area contributed by atoms with Gasteiger partial charge in [-0.2, -0.15) is 0 Å². The summed E-state index contributed by atoms with van der Waals surface area (Å²) in [5.74, 6) is 0.0571. The Morgan fingerprint density at radius 2 is 1.89 bits per heavy atom. The average molecular weight is 249 g/mol. The van der Waals surface area contributed by atoms with Crippen molar-refractivity contribution in [2.45, 2.75) is 39.8 Å². The van der Waals surface area contributed by atoms with Crippen molar-refractivity contribution < 1.29 is 9.53 Å². The Balaban J connectivity index is 2.35. The molecular weight excluding hydrogens is 226 g/mol. The number of rotatable bonds is 6. The van der Waals surface area contributed by atoms with Crippen LogP contribution in [0.3, 0.4) is 0 Å². The van der Waals surface area contributed by atoms with E-state index in [0.717, 1.165) is 5.56 Å². The number of hydrogen-bond acceptors (Lipinski definition) is 2. The molecule has 3 nitrogen and oxygen atoms in total. The zero-order valence-electron chi connectivity index (χ0n) is 11.7. The van der Waals surface area contributed by atoms with Crippen molar-refractivity contribution in [1.29, 1.82) is 0 Å². The second kappa shape index (κ2) is 6.55. The third-order valence-corrected chi connectivity index (χ3v) is 2.56. The summed E-state index contributed by atoms with van der Waals surface area (Å²) in [6.45, 7) is 8.78. The van der Waals surface area contributed by atoms with E-state index in [9.17, 15) is 4.79 Å². The van der Waals surface area contributed by atoms with Crippen LogP contribution in [0.5, 0.6) is 0 Å². The first kappa shape index (κ1) is 14.7. The van der Waals surface area contributed by atoms with Gasteiger partial charge in [0.05, 0.1) is 18.8 Å². The first-order valence-electron chi connectivity index (χ1n) is 6.34. The van der Waals surface area contributed by atoms with Crippen LogP contribution in [-0.2, 0) is 16.1 Å². The van der Waals surface area contributed by atoms with Gasteiger partial charge in [0.2, 0.25) is 5.91 Å². The van der Waals surface area contributed by atoms with Gasteiger partial charge in [0.15, 0.2) is 0 Å². The largest absolute Gasteiger partial charge is 0.374 e. The first-order valence-corrected chi connectivity index (χ1v) is 6.34. The third kappa shape index (κ3) is 5.32. The minimum absolute atomic E-state index is 0.00148. The molecule has 0 bridgehead atoms. The van der Waals surface area contributed by atoms with Crippen molar-refractivity contribution in [1.82, 2.24) is 5.32 Å². The first-order chi connectivity index (χ1) is 8.41. The van der Waals surface area contributed by atoms with Gasteiger partial charge in [0, 0.05) is 5.92 Å². The second-order valence-electron chi connectivity index (χ2n) is 5.51. The van der Waals surface area contributed by atoms with Gasteiger partial charge >= 0.3 is 0 Å². The lowest BCUT2D eigenvalue weighted by Crippen LogP contribution is -2.48. The maximum atomic E-state index is 11.6. The Kier molecular flexibility index (Phi) is 5.35. The quantitative estimate of drug-likeness (QED) is 0.842. The summed E-state index contributed by atoms with van der Waals surface area (Å²) in [5, 5.41) is 2.98. The number of hydrogen-bond donors (Lipinski definition) is 1. The fourth-order valence-electron chi connectivity index (χ4n) is 1.51. The topological polar surface area (TPSA) is 38.3 Å². The van der Waals surface area contributed by atoms with Crippen LogP contribution in [0.4, 0.5) is 0 Å². The molecule has 100 valence electrons. The van der Waals surface area contributed by atoms with Gasteiger partial charge in [0.25, 0.3) is 0 Å². The van der Waals surface area contributed by atoms with Crippen LogP contribution in [0.2, 0.25) is 0 Å². The highest BCUT2D eigenvalue weighted by Gasteiger charge is 2.21. The van der Waals surface area contributed by atoms with E-state index in [4.69, 9.17) is 4.74 Å². The number of amides is 1. The van der Waals surface area contributed by atoms with Crippen molar-refractivity contribution in [3.63, 3.8) is 0 Å². The van der Waals surface area contributed by atoms with Crippen LogP contribution >= 0.6 is 0 Å². The highest BCUT2D eigenvalue weighted by atomic mass is 16.5. The summed E-state index contributed by atoms with van der Waals surface area (Å²) in [6.07, 6.45) is 0. The standard InChI is InChI=1S/C15H23NO2/c1-12(2)14(17)16-15(3,4)11-18-10-13-8-6-5-7-9-13/h5-9,12H,10-11H2,1-4H3,(H,16,17). The van der Waals surface area contributed by atoms with E-state index in [1.54, 1.807) is 0 Å². The molecule has 0 saturated heterocycles. The molecule has 3 heteroatoms. The molecule has 1 rings (SSSR count). The second-order valence-corrected chi connectivity index (χ2v) is 5.51. The van der Waals surface area contributed by atoms with Crippen LogP contribution < -0.4 is 5.32 Å². The van der Waals surface area contributed by atoms with Gasteiger partial charge in [-0.25, -0.2) is 0 Å². The Labute approximate surface area is 110 Å². The molecule has 0 aliphatic rings. The van der Waals surface area contributed by atoms with Crippen LogP contribution in [0, 0.1) is 5.92 Å². The molecule has 0 atom stereocenters. The summed E-state index contributed by atoms with van der Waals surface area (Å²) < 4.78 is 5.65. The van der Waals surface area contributed by atoms with Crippen LogP contribution in [0.1, 0.15) is 33.3 Å². The van der Waals surface area contributed by atoms with Gasteiger partial charge < -0.3 is 10.1 Å². The molecule has 0 heterocycles. The Bertz CT molecular complexity index is 371. The van der Waals surface area contributed by atoms with Crippen molar-refractivity contribution in [2.24, 2.45) is 5.92 Å². The molecule has 0 unspecified atom stereocenters. The van der Waals surface area contributed by atoms with E-state index in [1.807, 2.05) is 58.0 Å². The Morgan fingerprint density at radius 3 is 2.44 bits per heavy atom. The molecule has 18 heavy (non-hydrogen) atoms. The molecule has 0 aliphatic heterocycles. The fourth-order valence-corrected chi connectivity index (χ4v) is 1.51. The number of carbonyl (C=O) groups is 1. The van der Waals surface area contributed by atoms with Crippen LogP contribution in [-0.4, -0.2) is 18.1 Å². The van der Waals surface area contributed by atoms with Gasteiger partial charge in [0.1, 0.15) is 0 Å². The predicted octanol–water partition coefficient (Wildman–Crippen LogP) is 2.75. The maximum absolute atomic E-state index is 11.6. The summed E-state index contributed by atoms with van der Waals surface area (Å²) >= 11 is 0. The molecule has 0 radical (unpaired) electrons. The van der Waals surface area contributed by atoms with Crippen molar-refractivity contribution in [2.75, 3.05) is 6.61 Å². The lowest BCUT2D eigenvalue weighted by atomic mass is 10.1. The third-order valence-electron chi connectivity index (χ3n) is 2.56.